The Bertz CT molecular complexity index is 510. The van der Waals surface area contributed by atoms with Crippen LogP contribution in [-0.2, 0) is 4.79 Å². The molecule has 1 nitrogen and oxygen atoms in total. The van der Waals surface area contributed by atoms with Crippen molar-refractivity contribution in [1.29, 1.82) is 0 Å². The quantitative estimate of drug-likeness (QED) is 0.578. The van der Waals surface area contributed by atoms with Crippen LogP contribution in [0.3, 0.4) is 0 Å². The largest absolute Gasteiger partial charge is 0.299 e. The summed E-state index contributed by atoms with van der Waals surface area (Å²) in [6, 6.07) is 0. The van der Waals surface area contributed by atoms with E-state index < -0.39 is 0 Å². The molecule has 0 N–H and O–H groups in total. The molecule has 4 saturated carbocycles. The first kappa shape index (κ1) is 16.2. The lowest BCUT2D eigenvalue weighted by molar-refractivity contribution is -0.159. The summed E-state index contributed by atoms with van der Waals surface area (Å²) < 4.78 is 0. The standard InChI is InChI=1S/C22H36O/c1-5-20(2)12-13-21(3)15(14-20)10-11-22(4)17-7-8-18(23)16(17)6-9-19(21)22/h15-17,19H,5-14H2,1-4H3/t15-,16?,17+,19+,20+,21-,22-/m0/s1. The zero-order chi connectivity index (χ0) is 16.5. The van der Waals surface area contributed by atoms with Gasteiger partial charge in [0.05, 0.1) is 0 Å². The van der Waals surface area contributed by atoms with E-state index >= 15 is 0 Å². The second-order valence-electron chi connectivity index (χ2n) is 10.5. The van der Waals surface area contributed by atoms with E-state index in [-0.39, 0.29) is 0 Å². The fourth-order valence-electron chi connectivity index (χ4n) is 7.84. The summed E-state index contributed by atoms with van der Waals surface area (Å²) in [6.45, 7) is 10.2. The molecular weight excluding hydrogens is 280 g/mol. The highest BCUT2D eigenvalue weighted by Crippen LogP contribution is 2.69. The predicted molar refractivity (Wildman–Crippen MR) is 95.1 cm³/mol. The second kappa shape index (κ2) is 5.09. The van der Waals surface area contributed by atoms with E-state index in [1.807, 2.05) is 0 Å². The number of ketones is 1. The van der Waals surface area contributed by atoms with E-state index in [0.29, 0.717) is 33.9 Å². The number of carbonyl (C=O) groups excluding carboxylic acids is 1. The Hall–Kier alpha value is -0.330. The fraction of sp³-hybridized carbons (Fsp3) is 0.955. The molecule has 4 aliphatic carbocycles. The number of carbonyl (C=O) groups is 1. The van der Waals surface area contributed by atoms with E-state index in [1.54, 1.807) is 0 Å². The van der Waals surface area contributed by atoms with Crippen LogP contribution in [0.5, 0.6) is 0 Å². The molecule has 1 unspecified atom stereocenters. The van der Waals surface area contributed by atoms with Gasteiger partial charge in [0, 0.05) is 12.3 Å². The van der Waals surface area contributed by atoms with Crippen LogP contribution in [0.2, 0.25) is 0 Å². The molecule has 0 amide bonds. The van der Waals surface area contributed by atoms with Crippen molar-refractivity contribution in [1.82, 2.24) is 0 Å². The van der Waals surface area contributed by atoms with Crippen LogP contribution in [0, 0.1) is 39.9 Å². The van der Waals surface area contributed by atoms with Gasteiger partial charge in [0.15, 0.2) is 0 Å². The average Bonchev–Trinajstić information content (AvgIpc) is 2.91. The zero-order valence-electron chi connectivity index (χ0n) is 15.8. The van der Waals surface area contributed by atoms with Crippen molar-refractivity contribution >= 4 is 5.78 Å². The molecule has 0 radical (unpaired) electrons. The molecule has 4 rings (SSSR count). The molecule has 4 aliphatic rings. The summed E-state index contributed by atoms with van der Waals surface area (Å²) in [7, 11) is 0. The lowest BCUT2D eigenvalue weighted by atomic mass is 9.40. The Kier molecular flexibility index (Phi) is 3.57. The minimum Gasteiger partial charge on any atom is -0.299 e. The minimum absolute atomic E-state index is 0.431. The van der Waals surface area contributed by atoms with Gasteiger partial charge in [-0.05, 0) is 85.4 Å². The Balaban J connectivity index is 1.64. The summed E-state index contributed by atoms with van der Waals surface area (Å²) >= 11 is 0. The molecule has 0 spiro atoms. The number of rotatable bonds is 1. The SMILES string of the molecule is CC[C@]1(C)CC[C@@]2(C)[C@@H](CC[C@]3(C)[C@@H]2CCC2C(=O)CC[C@H]23)C1. The molecular formula is C22H36O. The molecule has 0 aromatic heterocycles. The van der Waals surface area contributed by atoms with Crippen molar-refractivity contribution in [2.45, 2.75) is 91.9 Å². The first-order valence-corrected chi connectivity index (χ1v) is 10.4. The monoisotopic (exact) mass is 316 g/mol. The van der Waals surface area contributed by atoms with E-state index in [4.69, 9.17) is 0 Å². The van der Waals surface area contributed by atoms with Gasteiger partial charge >= 0.3 is 0 Å². The highest BCUT2D eigenvalue weighted by Gasteiger charge is 2.62. The van der Waals surface area contributed by atoms with Gasteiger partial charge in [0.2, 0.25) is 0 Å². The molecule has 0 aromatic rings. The van der Waals surface area contributed by atoms with E-state index in [2.05, 4.69) is 27.7 Å². The van der Waals surface area contributed by atoms with Crippen molar-refractivity contribution in [3.8, 4) is 0 Å². The molecule has 0 aromatic carbocycles. The van der Waals surface area contributed by atoms with Crippen molar-refractivity contribution in [3.05, 3.63) is 0 Å². The summed E-state index contributed by atoms with van der Waals surface area (Å²) in [5, 5.41) is 0. The van der Waals surface area contributed by atoms with Crippen LogP contribution in [0.15, 0.2) is 0 Å². The highest BCUT2D eigenvalue weighted by molar-refractivity contribution is 5.83. The lowest BCUT2D eigenvalue weighted by Gasteiger charge is -2.64. The third-order valence-electron chi connectivity index (χ3n) is 9.63. The van der Waals surface area contributed by atoms with Crippen molar-refractivity contribution in [3.63, 3.8) is 0 Å². The Morgan fingerprint density at radius 3 is 2.48 bits per heavy atom. The highest BCUT2D eigenvalue weighted by atomic mass is 16.1. The van der Waals surface area contributed by atoms with Crippen LogP contribution in [0.1, 0.15) is 91.9 Å². The molecule has 0 aliphatic heterocycles. The Morgan fingerprint density at radius 1 is 0.957 bits per heavy atom. The van der Waals surface area contributed by atoms with Gasteiger partial charge in [-0.2, -0.15) is 0 Å². The van der Waals surface area contributed by atoms with Gasteiger partial charge in [0.1, 0.15) is 5.78 Å². The maximum Gasteiger partial charge on any atom is 0.136 e. The smallest absolute Gasteiger partial charge is 0.136 e. The molecule has 1 heteroatoms. The van der Waals surface area contributed by atoms with Crippen molar-refractivity contribution < 1.29 is 4.79 Å². The summed E-state index contributed by atoms with van der Waals surface area (Å²) in [5.74, 6) is 3.56. The van der Waals surface area contributed by atoms with Gasteiger partial charge in [-0.25, -0.2) is 0 Å². The van der Waals surface area contributed by atoms with E-state index in [9.17, 15) is 4.79 Å². The normalized spacial score (nSPS) is 55.9. The summed E-state index contributed by atoms with van der Waals surface area (Å²) in [5.41, 5.74) is 1.61. The second-order valence-corrected chi connectivity index (χ2v) is 10.5. The maximum absolute atomic E-state index is 12.3. The van der Waals surface area contributed by atoms with E-state index in [0.717, 1.165) is 18.3 Å². The van der Waals surface area contributed by atoms with Gasteiger partial charge in [-0.15, -0.1) is 0 Å². The van der Waals surface area contributed by atoms with Gasteiger partial charge in [-0.1, -0.05) is 34.1 Å². The summed E-state index contributed by atoms with van der Waals surface area (Å²) in [4.78, 5) is 12.3. The molecule has 4 fully saturated rings. The number of Topliss-reactive ketones (excluding diaryl/α,β-unsaturated/α-hetero) is 1. The third-order valence-corrected chi connectivity index (χ3v) is 9.63. The van der Waals surface area contributed by atoms with Crippen molar-refractivity contribution in [2.24, 2.45) is 39.9 Å². The Morgan fingerprint density at radius 2 is 1.74 bits per heavy atom. The first-order chi connectivity index (χ1) is 10.8. The number of hydrogen-bond donors (Lipinski definition) is 0. The van der Waals surface area contributed by atoms with Gasteiger partial charge in [0.25, 0.3) is 0 Å². The predicted octanol–water partition coefficient (Wildman–Crippen LogP) is 6.01. The molecule has 130 valence electrons. The topological polar surface area (TPSA) is 17.1 Å². The molecule has 0 saturated heterocycles. The van der Waals surface area contributed by atoms with E-state index in [1.165, 1.54) is 57.8 Å². The number of fused-ring (bicyclic) bond motifs is 5. The number of hydrogen-bond acceptors (Lipinski definition) is 1. The molecule has 0 bridgehead atoms. The average molecular weight is 317 g/mol. The van der Waals surface area contributed by atoms with Crippen LogP contribution in [0.25, 0.3) is 0 Å². The Labute approximate surface area is 143 Å². The zero-order valence-corrected chi connectivity index (χ0v) is 15.8. The third kappa shape index (κ3) is 2.13. The van der Waals surface area contributed by atoms with Gasteiger partial charge in [-0.3, -0.25) is 4.79 Å². The maximum atomic E-state index is 12.3. The van der Waals surface area contributed by atoms with Crippen LogP contribution in [0.4, 0.5) is 0 Å². The van der Waals surface area contributed by atoms with Crippen LogP contribution >= 0.6 is 0 Å². The van der Waals surface area contributed by atoms with Gasteiger partial charge < -0.3 is 0 Å². The molecule has 23 heavy (non-hydrogen) atoms. The lowest BCUT2D eigenvalue weighted by Crippen LogP contribution is -2.57. The minimum atomic E-state index is 0.431. The first-order valence-electron chi connectivity index (χ1n) is 10.4. The molecule has 0 heterocycles. The summed E-state index contributed by atoms with van der Waals surface area (Å²) in [6.07, 6.45) is 13.1. The van der Waals surface area contributed by atoms with Crippen molar-refractivity contribution in [2.75, 3.05) is 0 Å². The van der Waals surface area contributed by atoms with Crippen LogP contribution < -0.4 is 0 Å². The molecule has 7 atom stereocenters. The van der Waals surface area contributed by atoms with Crippen LogP contribution in [-0.4, -0.2) is 5.78 Å². The fourth-order valence-corrected chi connectivity index (χ4v) is 7.84.